The van der Waals surface area contributed by atoms with Crippen LogP contribution in [0.4, 0.5) is 0 Å². The summed E-state index contributed by atoms with van der Waals surface area (Å²) in [6.45, 7) is 3.14. The molecule has 1 amide bonds. The SMILES string of the molecule is COC(C(=O)NC1C2CN(Cc3ccccc3)CC21)(c1ccccc1)C1CCCCC1. The van der Waals surface area contributed by atoms with Gasteiger partial charge in [0, 0.05) is 38.7 Å². The average molecular weight is 419 g/mol. The molecule has 1 N–H and O–H groups in total. The lowest BCUT2D eigenvalue weighted by Gasteiger charge is -2.41. The number of methoxy groups -OCH3 is 1. The largest absolute Gasteiger partial charge is 0.363 e. The summed E-state index contributed by atoms with van der Waals surface area (Å²) in [5, 5.41) is 3.44. The van der Waals surface area contributed by atoms with Crippen LogP contribution in [-0.2, 0) is 21.7 Å². The standard InChI is InChI=1S/C27H34N2O2/c1-31-27(21-13-7-3-8-14-21,22-15-9-4-10-16-22)26(30)28-25-23-18-29(19-24(23)25)17-20-11-5-2-6-12-20/h2-3,5-8,11-14,22-25H,4,9-10,15-19H2,1H3,(H,28,30). The Morgan fingerprint density at radius 1 is 0.968 bits per heavy atom. The molecule has 3 unspecified atom stereocenters. The van der Waals surface area contributed by atoms with Gasteiger partial charge in [0.15, 0.2) is 5.60 Å². The maximum Gasteiger partial charge on any atom is 0.257 e. The van der Waals surface area contributed by atoms with Crippen molar-refractivity contribution in [1.82, 2.24) is 10.2 Å². The zero-order valence-corrected chi connectivity index (χ0v) is 18.5. The van der Waals surface area contributed by atoms with E-state index in [4.69, 9.17) is 4.74 Å². The van der Waals surface area contributed by atoms with E-state index in [0.717, 1.165) is 38.0 Å². The first-order valence-corrected chi connectivity index (χ1v) is 11.9. The lowest BCUT2D eigenvalue weighted by atomic mass is 9.72. The molecule has 2 aromatic rings. The third-order valence-electron chi connectivity index (χ3n) is 7.86. The highest BCUT2D eigenvalue weighted by Crippen LogP contribution is 2.48. The van der Waals surface area contributed by atoms with E-state index in [1.165, 1.54) is 24.8 Å². The van der Waals surface area contributed by atoms with E-state index >= 15 is 0 Å². The Morgan fingerprint density at radius 3 is 2.19 bits per heavy atom. The molecule has 4 nitrogen and oxygen atoms in total. The van der Waals surface area contributed by atoms with Crippen molar-refractivity contribution in [2.24, 2.45) is 17.8 Å². The van der Waals surface area contributed by atoms with Crippen LogP contribution in [0.1, 0.15) is 43.2 Å². The summed E-state index contributed by atoms with van der Waals surface area (Å²) in [6.07, 6.45) is 5.73. The summed E-state index contributed by atoms with van der Waals surface area (Å²) >= 11 is 0. The molecule has 164 valence electrons. The van der Waals surface area contributed by atoms with Gasteiger partial charge in [-0.15, -0.1) is 0 Å². The number of carbonyl (C=O) groups is 1. The van der Waals surface area contributed by atoms with Crippen molar-refractivity contribution in [2.75, 3.05) is 20.2 Å². The molecule has 0 aromatic heterocycles. The van der Waals surface area contributed by atoms with Gasteiger partial charge in [-0.3, -0.25) is 9.69 Å². The van der Waals surface area contributed by atoms with Crippen LogP contribution in [0.5, 0.6) is 0 Å². The van der Waals surface area contributed by atoms with Crippen molar-refractivity contribution in [3.05, 3.63) is 71.8 Å². The van der Waals surface area contributed by atoms with Crippen LogP contribution in [0, 0.1) is 17.8 Å². The number of rotatable bonds is 7. The number of nitrogens with zero attached hydrogens (tertiary/aromatic N) is 1. The minimum Gasteiger partial charge on any atom is -0.363 e. The molecule has 5 rings (SSSR count). The van der Waals surface area contributed by atoms with E-state index in [9.17, 15) is 4.79 Å². The molecule has 0 spiro atoms. The van der Waals surface area contributed by atoms with Gasteiger partial charge in [0.25, 0.3) is 5.91 Å². The van der Waals surface area contributed by atoms with Gasteiger partial charge in [0.1, 0.15) is 0 Å². The number of nitrogens with one attached hydrogen (secondary N) is 1. The number of amides is 1. The van der Waals surface area contributed by atoms with E-state index in [1.807, 2.05) is 18.2 Å². The van der Waals surface area contributed by atoms with Crippen molar-refractivity contribution in [3.63, 3.8) is 0 Å². The highest BCUT2D eigenvalue weighted by molar-refractivity contribution is 5.87. The van der Waals surface area contributed by atoms with Gasteiger partial charge in [-0.05, 0) is 35.8 Å². The number of piperidine rings is 1. The van der Waals surface area contributed by atoms with E-state index in [2.05, 4.69) is 52.7 Å². The third-order valence-corrected chi connectivity index (χ3v) is 7.86. The predicted octanol–water partition coefficient (Wildman–Crippen LogP) is 4.36. The van der Waals surface area contributed by atoms with Crippen LogP contribution < -0.4 is 5.32 Å². The topological polar surface area (TPSA) is 41.6 Å². The van der Waals surface area contributed by atoms with E-state index in [0.29, 0.717) is 17.9 Å². The van der Waals surface area contributed by atoms with Crippen molar-refractivity contribution in [1.29, 1.82) is 0 Å². The Labute approximate surface area is 186 Å². The second-order valence-corrected chi connectivity index (χ2v) is 9.65. The number of hydrogen-bond acceptors (Lipinski definition) is 3. The van der Waals surface area contributed by atoms with E-state index in [-0.39, 0.29) is 11.8 Å². The summed E-state index contributed by atoms with van der Waals surface area (Å²) in [7, 11) is 1.72. The maximum atomic E-state index is 13.8. The molecule has 2 saturated carbocycles. The molecule has 1 aliphatic heterocycles. The number of ether oxygens (including phenoxy) is 1. The summed E-state index contributed by atoms with van der Waals surface area (Å²) in [4.78, 5) is 16.3. The first kappa shape index (κ1) is 20.7. The molecule has 1 heterocycles. The van der Waals surface area contributed by atoms with Gasteiger partial charge in [-0.1, -0.05) is 79.9 Å². The Morgan fingerprint density at radius 2 is 1.58 bits per heavy atom. The monoisotopic (exact) mass is 418 g/mol. The van der Waals surface area contributed by atoms with Crippen molar-refractivity contribution in [2.45, 2.75) is 50.3 Å². The van der Waals surface area contributed by atoms with Crippen molar-refractivity contribution >= 4 is 5.91 Å². The molecular formula is C27H34N2O2. The molecule has 3 fully saturated rings. The summed E-state index contributed by atoms with van der Waals surface area (Å²) in [6, 6.07) is 21.1. The van der Waals surface area contributed by atoms with Gasteiger partial charge in [0.05, 0.1) is 0 Å². The number of likely N-dealkylation sites (tertiary alicyclic amines) is 1. The molecule has 0 bridgehead atoms. The van der Waals surface area contributed by atoms with Crippen LogP contribution >= 0.6 is 0 Å². The molecule has 2 aliphatic carbocycles. The van der Waals surface area contributed by atoms with E-state index < -0.39 is 5.60 Å². The van der Waals surface area contributed by atoms with Crippen LogP contribution in [0.3, 0.4) is 0 Å². The quantitative estimate of drug-likeness (QED) is 0.727. The van der Waals surface area contributed by atoms with Gasteiger partial charge in [-0.2, -0.15) is 0 Å². The zero-order valence-electron chi connectivity index (χ0n) is 18.5. The smallest absolute Gasteiger partial charge is 0.257 e. The molecule has 3 aliphatic rings. The van der Waals surface area contributed by atoms with Crippen LogP contribution in [0.15, 0.2) is 60.7 Å². The van der Waals surface area contributed by atoms with Gasteiger partial charge < -0.3 is 10.1 Å². The normalized spacial score (nSPS) is 28.0. The Bertz CT molecular complexity index is 869. The first-order chi connectivity index (χ1) is 15.2. The van der Waals surface area contributed by atoms with Gasteiger partial charge in [0.2, 0.25) is 0 Å². The molecule has 2 aromatic carbocycles. The van der Waals surface area contributed by atoms with Crippen LogP contribution in [0.2, 0.25) is 0 Å². The Kier molecular flexibility index (Phi) is 5.85. The summed E-state index contributed by atoms with van der Waals surface area (Å²) in [5.74, 6) is 1.46. The second kappa shape index (κ2) is 8.76. The molecule has 1 saturated heterocycles. The molecule has 31 heavy (non-hydrogen) atoms. The molecule has 0 radical (unpaired) electrons. The molecule has 3 atom stereocenters. The van der Waals surface area contributed by atoms with Crippen LogP contribution in [-0.4, -0.2) is 37.0 Å². The lowest BCUT2D eigenvalue weighted by molar-refractivity contribution is -0.155. The fourth-order valence-electron chi connectivity index (χ4n) is 6.18. The van der Waals surface area contributed by atoms with Gasteiger partial charge >= 0.3 is 0 Å². The van der Waals surface area contributed by atoms with Crippen LogP contribution in [0.25, 0.3) is 0 Å². The molecule has 4 heteroatoms. The highest BCUT2D eigenvalue weighted by Gasteiger charge is 2.58. The van der Waals surface area contributed by atoms with E-state index in [1.54, 1.807) is 7.11 Å². The third kappa shape index (κ3) is 3.92. The number of carbonyl (C=O) groups excluding carboxylic acids is 1. The molecular weight excluding hydrogens is 384 g/mol. The Balaban J connectivity index is 1.27. The minimum absolute atomic E-state index is 0.0714. The zero-order chi connectivity index (χ0) is 21.3. The number of fused-ring (bicyclic) bond motifs is 1. The van der Waals surface area contributed by atoms with Gasteiger partial charge in [-0.25, -0.2) is 0 Å². The number of hydrogen-bond donors (Lipinski definition) is 1. The number of benzene rings is 2. The highest BCUT2D eigenvalue weighted by atomic mass is 16.5. The summed E-state index contributed by atoms with van der Waals surface area (Å²) in [5.41, 5.74) is 1.49. The Hall–Kier alpha value is -2.17. The predicted molar refractivity (Wildman–Crippen MR) is 122 cm³/mol. The maximum absolute atomic E-state index is 13.8. The first-order valence-electron chi connectivity index (χ1n) is 11.9. The average Bonchev–Trinajstić information content (AvgIpc) is 3.26. The summed E-state index contributed by atoms with van der Waals surface area (Å²) < 4.78 is 6.15. The minimum atomic E-state index is -0.873. The fraction of sp³-hybridized carbons (Fsp3) is 0.519. The van der Waals surface area contributed by atoms with Crippen molar-refractivity contribution < 1.29 is 9.53 Å². The van der Waals surface area contributed by atoms with Crippen molar-refractivity contribution in [3.8, 4) is 0 Å². The lowest BCUT2D eigenvalue weighted by Crippen LogP contribution is -2.53. The second-order valence-electron chi connectivity index (χ2n) is 9.65. The fourth-order valence-corrected chi connectivity index (χ4v) is 6.18.